The molecule has 0 bridgehead atoms. The van der Waals surface area contributed by atoms with Crippen LogP contribution in [0.15, 0.2) is 35.3 Å². The summed E-state index contributed by atoms with van der Waals surface area (Å²) in [6.45, 7) is 9.38. The van der Waals surface area contributed by atoms with E-state index in [1.54, 1.807) is 12.1 Å². The Bertz CT molecular complexity index is 660. The summed E-state index contributed by atoms with van der Waals surface area (Å²) in [5, 5.41) is 9.59. The van der Waals surface area contributed by atoms with Crippen molar-refractivity contribution < 1.29 is 9.59 Å². The fourth-order valence-electron chi connectivity index (χ4n) is 3.12. The molecule has 1 heterocycles. The maximum atomic E-state index is 12.1. The summed E-state index contributed by atoms with van der Waals surface area (Å²) in [6, 6.07) is 9.42. The first-order valence-electron chi connectivity index (χ1n) is 10.2. The number of nitrogens with one attached hydrogen (secondary N) is 3. The normalized spacial score (nSPS) is 16.9. The summed E-state index contributed by atoms with van der Waals surface area (Å²) in [5.41, 5.74) is 0.669. The van der Waals surface area contributed by atoms with Crippen LogP contribution >= 0.6 is 0 Å². The molecule has 154 valence electrons. The molecule has 0 spiro atoms. The smallest absolute Gasteiger partial charge is 0.251 e. The molecule has 0 aliphatic carbocycles. The lowest BCUT2D eigenvalue weighted by molar-refractivity contribution is -0.133. The van der Waals surface area contributed by atoms with Crippen LogP contribution in [0.5, 0.6) is 0 Å². The van der Waals surface area contributed by atoms with Crippen molar-refractivity contribution in [3.05, 3.63) is 35.9 Å². The van der Waals surface area contributed by atoms with Crippen LogP contribution < -0.4 is 16.0 Å². The molecule has 0 radical (unpaired) electrons. The molecule has 0 aromatic heterocycles. The molecule has 28 heavy (non-hydrogen) atoms. The fourth-order valence-corrected chi connectivity index (χ4v) is 3.12. The molecule has 2 rings (SSSR count). The summed E-state index contributed by atoms with van der Waals surface area (Å²) in [5.74, 6) is 0.948. The number of benzene rings is 1. The molecule has 0 saturated carbocycles. The van der Waals surface area contributed by atoms with Gasteiger partial charge in [0.15, 0.2) is 5.96 Å². The van der Waals surface area contributed by atoms with Crippen molar-refractivity contribution in [2.75, 3.05) is 32.7 Å². The standard InChI is InChI=1S/C21H33N5O2/c1-4-22-21(25-18-11-14-26(15-18)20(28)16(2)3)24-13-8-12-23-19(27)17-9-6-5-7-10-17/h5-7,9-10,16,18H,4,8,11-15H2,1-3H3,(H,23,27)(H2,22,24,25). The Balaban J connectivity index is 1.73. The highest BCUT2D eigenvalue weighted by molar-refractivity contribution is 5.94. The van der Waals surface area contributed by atoms with E-state index in [1.807, 2.05) is 43.9 Å². The van der Waals surface area contributed by atoms with Gasteiger partial charge in [-0.1, -0.05) is 32.0 Å². The van der Waals surface area contributed by atoms with Gasteiger partial charge >= 0.3 is 0 Å². The van der Waals surface area contributed by atoms with E-state index in [4.69, 9.17) is 0 Å². The van der Waals surface area contributed by atoms with Crippen molar-refractivity contribution in [2.24, 2.45) is 10.9 Å². The minimum Gasteiger partial charge on any atom is -0.357 e. The van der Waals surface area contributed by atoms with Crippen LogP contribution in [0.25, 0.3) is 0 Å². The fraction of sp³-hybridized carbons (Fsp3) is 0.571. The van der Waals surface area contributed by atoms with E-state index in [2.05, 4.69) is 20.9 Å². The lowest BCUT2D eigenvalue weighted by Gasteiger charge is -2.20. The second-order valence-corrected chi connectivity index (χ2v) is 7.31. The van der Waals surface area contributed by atoms with Crippen LogP contribution in [0.2, 0.25) is 0 Å². The molecule has 1 aromatic rings. The Kier molecular flexibility index (Phi) is 8.78. The van der Waals surface area contributed by atoms with E-state index in [9.17, 15) is 9.59 Å². The van der Waals surface area contributed by atoms with Gasteiger partial charge in [0.05, 0.1) is 0 Å². The first-order valence-corrected chi connectivity index (χ1v) is 10.2. The van der Waals surface area contributed by atoms with E-state index in [0.29, 0.717) is 25.2 Å². The first-order chi connectivity index (χ1) is 13.5. The minimum atomic E-state index is -0.0597. The molecule has 7 nitrogen and oxygen atoms in total. The summed E-state index contributed by atoms with van der Waals surface area (Å²) in [4.78, 5) is 30.6. The van der Waals surface area contributed by atoms with Gasteiger partial charge in [-0.05, 0) is 31.9 Å². The van der Waals surface area contributed by atoms with Crippen molar-refractivity contribution in [3.63, 3.8) is 0 Å². The minimum absolute atomic E-state index is 0.0340. The van der Waals surface area contributed by atoms with Gasteiger partial charge in [0.25, 0.3) is 5.91 Å². The number of rotatable bonds is 8. The Labute approximate surface area is 168 Å². The third-order valence-electron chi connectivity index (χ3n) is 4.61. The third kappa shape index (κ3) is 6.87. The van der Waals surface area contributed by atoms with Crippen LogP contribution in [0.3, 0.4) is 0 Å². The molecule has 2 amide bonds. The van der Waals surface area contributed by atoms with Gasteiger partial charge < -0.3 is 20.9 Å². The predicted octanol–water partition coefficient (Wildman–Crippen LogP) is 1.62. The van der Waals surface area contributed by atoms with E-state index in [-0.39, 0.29) is 23.8 Å². The average molecular weight is 388 g/mol. The maximum absolute atomic E-state index is 12.1. The molecular weight excluding hydrogens is 354 g/mol. The largest absolute Gasteiger partial charge is 0.357 e. The summed E-state index contributed by atoms with van der Waals surface area (Å²) < 4.78 is 0. The molecule has 1 aliphatic rings. The van der Waals surface area contributed by atoms with Crippen molar-refractivity contribution in [3.8, 4) is 0 Å². The quantitative estimate of drug-likeness (QED) is 0.359. The number of carbonyl (C=O) groups excluding carboxylic acids is 2. The highest BCUT2D eigenvalue weighted by Crippen LogP contribution is 2.12. The predicted molar refractivity (Wildman–Crippen MR) is 112 cm³/mol. The molecule has 1 fully saturated rings. The van der Waals surface area contributed by atoms with E-state index in [1.165, 1.54) is 0 Å². The summed E-state index contributed by atoms with van der Waals surface area (Å²) in [6.07, 6.45) is 1.69. The Morgan fingerprint density at radius 2 is 1.96 bits per heavy atom. The number of hydrogen-bond donors (Lipinski definition) is 3. The van der Waals surface area contributed by atoms with Crippen molar-refractivity contribution in [1.82, 2.24) is 20.9 Å². The second kappa shape index (κ2) is 11.3. The van der Waals surface area contributed by atoms with Gasteiger partial charge in [-0.15, -0.1) is 0 Å². The number of likely N-dealkylation sites (tertiary alicyclic amines) is 1. The van der Waals surface area contributed by atoms with E-state index >= 15 is 0 Å². The van der Waals surface area contributed by atoms with E-state index < -0.39 is 0 Å². The molecule has 1 saturated heterocycles. The van der Waals surface area contributed by atoms with Crippen LogP contribution in [-0.2, 0) is 4.79 Å². The second-order valence-electron chi connectivity index (χ2n) is 7.31. The number of hydrogen-bond acceptors (Lipinski definition) is 3. The van der Waals surface area contributed by atoms with Gasteiger partial charge in [0.1, 0.15) is 0 Å². The zero-order chi connectivity index (χ0) is 20.4. The highest BCUT2D eigenvalue weighted by Gasteiger charge is 2.27. The Morgan fingerprint density at radius 1 is 1.21 bits per heavy atom. The monoisotopic (exact) mass is 387 g/mol. The molecule has 3 N–H and O–H groups in total. The molecule has 1 atom stereocenters. The Morgan fingerprint density at radius 3 is 2.64 bits per heavy atom. The van der Waals surface area contributed by atoms with Gasteiger partial charge in [-0.25, -0.2) is 0 Å². The third-order valence-corrected chi connectivity index (χ3v) is 4.61. The van der Waals surface area contributed by atoms with Gasteiger partial charge in [0.2, 0.25) is 5.91 Å². The maximum Gasteiger partial charge on any atom is 0.251 e. The summed E-state index contributed by atoms with van der Waals surface area (Å²) in [7, 11) is 0. The lowest BCUT2D eigenvalue weighted by Crippen LogP contribution is -2.45. The van der Waals surface area contributed by atoms with E-state index in [0.717, 1.165) is 31.9 Å². The molecule has 7 heteroatoms. The zero-order valence-corrected chi connectivity index (χ0v) is 17.2. The molecule has 1 aliphatic heterocycles. The van der Waals surface area contributed by atoms with Crippen LogP contribution in [-0.4, -0.2) is 61.4 Å². The van der Waals surface area contributed by atoms with Gasteiger partial charge in [-0.3, -0.25) is 14.6 Å². The molecule has 1 aromatic carbocycles. The SMILES string of the molecule is CCNC(=NCCCNC(=O)c1ccccc1)NC1CCN(C(=O)C(C)C)C1. The van der Waals surface area contributed by atoms with Gasteiger partial charge in [-0.2, -0.15) is 0 Å². The van der Waals surface area contributed by atoms with Crippen LogP contribution in [0.1, 0.15) is 44.0 Å². The number of carbonyl (C=O) groups is 2. The van der Waals surface area contributed by atoms with Gasteiger partial charge in [0, 0.05) is 50.2 Å². The first kappa shape index (κ1) is 21.7. The number of nitrogens with zero attached hydrogens (tertiary/aromatic N) is 2. The highest BCUT2D eigenvalue weighted by atomic mass is 16.2. The molecule has 1 unspecified atom stereocenters. The summed E-state index contributed by atoms with van der Waals surface area (Å²) >= 11 is 0. The number of aliphatic imine (C=N–C) groups is 1. The van der Waals surface area contributed by atoms with Crippen molar-refractivity contribution in [2.45, 2.75) is 39.7 Å². The van der Waals surface area contributed by atoms with Crippen LogP contribution in [0, 0.1) is 5.92 Å². The Hall–Kier alpha value is -2.57. The lowest BCUT2D eigenvalue weighted by atomic mass is 10.2. The zero-order valence-electron chi connectivity index (χ0n) is 17.2. The topological polar surface area (TPSA) is 85.8 Å². The number of guanidine groups is 1. The molecular formula is C21H33N5O2. The van der Waals surface area contributed by atoms with Crippen molar-refractivity contribution in [1.29, 1.82) is 0 Å². The number of amides is 2. The van der Waals surface area contributed by atoms with Crippen molar-refractivity contribution >= 4 is 17.8 Å². The van der Waals surface area contributed by atoms with Crippen LogP contribution in [0.4, 0.5) is 0 Å². The average Bonchev–Trinajstić information content (AvgIpc) is 3.16.